The average molecular weight is 659 g/mol. The SMILES string of the molecule is O=C(NCc1cc(C(F)(F)F)cc(C(F)(F)F)c1)[C@@]1(Cc2ccccc2Br)COC(c2ccc(OCCCO)cc2)=N1. The lowest BCUT2D eigenvalue weighted by atomic mass is 9.91. The van der Waals surface area contributed by atoms with Gasteiger partial charge in [-0.25, -0.2) is 4.99 Å². The number of benzene rings is 3. The Labute approximate surface area is 245 Å². The van der Waals surface area contributed by atoms with Crippen LogP contribution in [0.5, 0.6) is 5.75 Å². The molecule has 0 unspecified atom stereocenters. The first-order chi connectivity index (χ1) is 19.8. The van der Waals surface area contributed by atoms with E-state index >= 15 is 0 Å². The predicted molar refractivity (Wildman–Crippen MR) is 145 cm³/mol. The predicted octanol–water partition coefficient (Wildman–Crippen LogP) is 6.32. The normalized spacial score (nSPS) is 17.0. The number of aliphatic hydroxyl groups excluding tert-OH is 1. The maximum atomic E-state index is 13.6. The molecule has 224 valence electrons. The summed E-state index contributed by atoms with van der Waals surface area (Å²) in [7, 11) is 0. The first-order valence-electron chi connectivity index (χ1n) is 12.7. The van der Waals surface area contributed by atoms with Crippen LogP contribution in [0.15, 0.2) is 76.2 Å². The van der Waals surface area contributed by atoms with Crippen LogP contribution in [0.2, 0.25) is 0 Å². The molecule has 0 radical (unpaired) electrons. The summed E-state index contributed by atoms with van der Waals surface area (Å²) in [6, 6.07) is 14.9. The van der Waals surface area contributed by atoms with Crippen molar-refractivity contribution < 1.29 is 45.7 Å². The number of hydrogen-bond donors (Lipinski definition) is 2. The molecule has 4 rings (SSSR count). The molecular weight excluding hydrogens is 634 g/mol. The zero-order valence-corrected chi connectivity index (χ0v) is 23.4. The summed E-state index contributed by atoms with van der Waals surface area (Å²) in [5.74, 6) is -0.0527. The Bertz CT molecular complexity index is 1410. The van der Waals surface area contributed by atoms with Gasteiger partial charge in [-0.15, -0.1) is 0 Å². The number of halogens is 7. The van der Waals surface area contributed by atoms with E-state index in [0.717, 1.165) is 0 Å². The van der Waals surface area contributed by atoms with Crippen molar-refractivity contribution in [3.63, 3.8) is 0 Å². The molecule has 1 atom stereocenters. The van der Waals surface area contributed by atoms with Gasteiger partial charge in [0.1, 0.15) is 12.4 Å². The van der Waals surface area contributed by atoms with Crippen LogP contribution >= 0.6 is 15.9 Å². The molecule has 0 aromatic heterocycles. The van der Waals surface area contributed by atoms with Crippen LogP contribution < -0.4 is 10.1 Å². The van der Waals surface area contributed by atoms with Gasteiger partial charge in [-0.1, -0.05) is 34.1 Å². The molecule has 3 aromatic rings. The number of nitrogens with zero attached hydrogens (tertiary/aromatic N) is 1. The fraction of sp³-hybridized carbons (Fsp3) is 0.310. The summed E-state index contributed by atoms with van der Waals surface area (Å²) >= 11 is 3.44. The molecule has 6 nitrogen and oxygen atoms in total. The smallest absolute Gasteiger partial charge is 0.416 e. The van der Waals surface area contributed by atoms with Gasteiger partial charge in [-0.2, -0.15) is 26.3 Å². The van der Waals surface area contributed by atoms with E-state index in [1.54, 1.807) is 48.5 Å². The molecule has 1 heterocycles. The largest absolute Gasteiger partial charge is 0.494 e. The molecule has 1 amide bonds. The van der Waals surface area contributed by atoms with Crippen molar-refractivity contribution in [1.29, 1.82) is 0 Å². The maximum absolute atomic E-state index is 13.6. The van der Waals surface area contributed by atoms with Crippen LogP contribution in [0.3, 0.4) is 0 Å². The van der Waals surface area contributed by atoms with E-state index in [9.17, 15) is 31.1 Å². The number of nitrogens with one attached hydrogen (secondary N) is 1. The van der Waals surface area contributed by atoms with E-state index in [0.29, 0.717) is 46.5 Å². The molecule has 1 aliphatic heterocycles. The quantitative estimate of drug-likeness (QED) is 0.197. The maximum Gasteiger partial charge on any atom is 0.416 e. The zero-order chi connectivity index (χ0) is 30.5. The van der Waals surface area contributed by atoms with E-state index in [4.69, 9.17) is 14.6 Å². The van der Waals surface area contributed by atoms with Gasteiger partial charge in [0.25, 0.3) is 5.91 Å². The number of ether oxygens (including phenoxy) is 2. The van der Waals surface area contributed by atoms with Crippen molar-refractivity contribution in [2.24, 2.45) is 4.99 Å². The van der Waals surface area contributed by atoms with Gasteiger partial charge in [0, 0.05) is 36.0 Å². The van der Waals surface area contributed by atoms with Gasteiger partial charge >= 0.3 is 12.4 Å². The summed E-state index contributed by atoms with van der Waals surface area (Å²) in [4.78, 5) is 18.2. The average Bonchev–Trinajstić information content (AvgIpc) is 3.38. The Morgan fingerprint density at radius 2 is 1.64 bits per heavy atom. The standard InChI is InChI=1S/C29H25BrF6N2O4/c30-24-5-2-1-4-20(24)15-27(17-42-25(38-27)19-6-8-23(9-7-19)41-11-3-10-39)26(40)37-16-18-12-21(28(31,32)33)14-22(13-18)29(34,35)36/h1-2,4-9,12-14,39H,3,10-11,15-17H2,(H,37,40)/t27-/m1/s1. The molecule has 42 heavy (non-hydrogen) atoms. The van der Waals surface area contributed by atoms with Crippen molar-refractivity contribution in [3.8, 4) is 5.75 Å². The second kappa shape index (κ2) is 12.7. The van der Waals surface area contributed by atoms with E-state index in [-0.39, 0.29) is 37.2 Å². The monoisotopic (exact) mass is 658 g/mol. The lowest BCUT2D eigenvalue weighted by Gasteiger charge is -2.24. The van der Waals surface area contributed by atoms with E-state index in [2.05, 4.69) is 26.2 Å². The zero-order valence-electron chi connectivity index (χ0n) is 21.9. The molecule has 0 fully saturated rings. The molecule has 0 bridgehead atoms. The Hall–Kier alpha value is -3.58. The topological polar surface area (TPSA) is 80.2 Å². The second-order valence-electron chi connectivity index (χ2n) is 9.55. The van der Waals surface area contributed by atoms with E-state index in [1.807, 2.05) is 0 Å². The van der Waals surface area contributed by atoms with Crippen LogP contribution in [0.25, 0.3) is 0 Å². The van der Waals surface area contributed by atoms with Crippen molar-refractivity contribution in [3.05, 3.63) is 99.0 Å². The Morgan fingerprint density at radius 1 is 1.00 bits per heavy atom. The van der Waals surface area contributed by atoms with Crippen molar-refractivity contribution >= 4 is 27.7 Å². The lowest BCUT2D eigenvalue weighted by molar-refractivity contribution is -0.143. The Kier molecular flexibility index (Phi) is 9.51. The molecule has 2 N–H and O–H groups in total. The first kappa shape index (κ1) is 31.4. The Morgan fingerprint density at radius 3 is 2.24 bits per heavy atom. The summed E-state index contributed by atoms with van der Waals surface area (Å²) in [6.07, 6.45) is -9.54. The summed E-state index contributed by atoms with van der Waals surface area (Å²) < 4.78 is 91.9. The number of carbonyl (C=O) groups is 1. The molecule has 1 aliphatic rings. The van der Waals surface area contributed by atoms with E-state index in [1.165, 1.54) is 0 Å². The van der Waals surface area contributed by atoms with Crippen LogP contribution in [0.4, 0.5) is 26.3 Å². The minimum absolute atomic E-state index is 0.0122. The summed E-state index contributed by atoms with van der Waals surface area (Å²) in [5.41, 5.74) is -3.67. The molecule has 0 saturated heterocycles. The van der Waals surface area contributed by atoms with Crippen molar-refractivity contribution in [1.82, 2.24) is 5.32 Å². The minimum atomic E-state index is -5.02. The number of rotatable bonds is 10. The van der Waals surface area contributed by atoms with Crippen molar-refractivity contribution in [2.75, 3.05) is 19.8 Å². The third-order valence-electron chi connectivity index (χ3n) is 6.40. The fourth-order valence-electron chi connectivity index (χ4n) is 4.26. The lowest BCUT2D eigenvalue weighted by Crippen LogP contribution is -2.48. The fourth-order valence-corrected chi connectivity index (χ4v) is 4.68. The summed E-state index contributed by atoms with van der Waals surface area (Å²) in [5, 5.41) is 11.4. The number of aliphatic hydroxyl groups is 1. The number of aliphatic imine (C=N–C) groups is 1. The molecule has 13 heteroatoms. The van der Waals surface area contributed by atoms with Crippen LogP contribution in [0.1, 0.15) is 34.2 Å². The number of alkyl halides is 6. The molecule has 0 aliphatic carbocycles. The molecule has 0 saturated carbocycles. The number of carbonyl (C=O) groups excluding carboxylic acids is 1. The van der Waals surface area contributed by atoms with Gasteiger partial charge in [0.2, 0.25) is 5.90 Å². The summed E-state index contributed by atoms with van der Waals surface area (Å²) in [6.45, 7) is -0.518. The highest BCUT2D eigenvalue weighted by molar-refractivity contribution is 9.10. The van der Waals surface area contributed by atoms with Gasteiger partial charge in [0.15, 0.2) is 5.54 Å². The first-order valence-corrected chi connectivity index (χ1v) is 13.5. The molecular formula is C29H25BrF6N2O4. The van der Waals surface area contributed by atoms with Crippen molar-refractivity contribution in [2.45, 2.75) is 37.3 Å². The highest BCUT2D eigenvalue weighted by atomic mass is 79.9. The van der Waals surface area contributed by atoms with Crippen LogP contribution in [-0.4, -0.2) is 42.3 Å². The van der Waals surface area contributed by atoms with Crippen LogP contribution in [-0.2, 0) is 34.8 Å². The van der Waals surface area contributed by atoms with E-state index < -0.39 is 41.5 Å². The van der Waals surface area contributed by atoms with Gasteiger partial charge in [-0.05, 0) is 59.7 Å². The highest BCUT2D eigenvalue weighted by Gasteiger charge is 2.45. The number of hydrogen-bond acceptors (Lipinski definition) is 5. The molecule has 3 aromatic carbocycles. The van der Waals surface area contributed by atoms with Gasteiger partial charge in [-0.3, -0.25) is 4.79 Å². The molecule has 0 spiro atoms. The van der Waals surface area contributed by atoms with Gasteiger partial charge < -0.3 is 19.9 Å². The second-order valence-corrected chi connectivity index (χ2v) is 10.4. The third-order valence-corrected chi connectivity index (χ3v) is 7.17. The Balaban J connectivity index is 1.62. The number of amides is 1. The minimum Gasteiger partial charge on any atom is -0.494 e. The third kappa shape index (κ3) is 7.62. The van der Waals surface area contributed by atoms with Gasteiger partial charge in [0.05, 0.1) is 17.7 Å². The highest BCUT2D eigenvalue weighted by Crippen LogP contribution is 2.36. The van der Waals surface area contributed by atoms with Crippen LogP contribution in [0, 0.1) is 0 Å².